The first kappa shape index (κ1) is 21.0. The van der Waals surface area contributed by atoms with Gasteiger partial charge in [-0.2, -0.15) is 5.10 Å². The quantitative estimate of drug-likeness (QED) is 0.500. The van der Waals surface area contributed by atoms with E-state index in [-0.39, 0.29) is 41.0 Å². The summed E-state index contributed by atoms with van der Waals surface area (Å²) in [7, 11) is -4.03. The lowest BCUT2D eigenvalue weighted by molar-refractivity contribution is -0.119. The summed E-state index contributed by atoms with van der Waals surface area (Å²) >= 11 is 0. The molecule has 0 radical (unpaired) electrons. The highest BCUT2D eigenvalue weighted by molar-refractivity contribution is 7.92. The molecule has 2 aromatic rings. The lowest BCUT2D eigenvalue weighted by Gasteiger charge is -2.35. The van der Waals surface area contributed by atoms with Crippen molar-refractivity contribution in [2.75, 3.05) is 22.7 Å². The summed E-state index contributed by atoms with van der Waals surface area (Å²) in [6.45, 7) is 1.43. The van der Waals surface area contributed by atoms with Gasteiger partial charge in [0.05, 0.1) is 30.7 Å². The number of anilines is 2. The molecule has 2 amide bonds. The summed E-state index contributed by atoms with van der Waals surface area (Å²) in [5.74, 6) is 0.463. The second-order valence-electron chi connectivity index (χ2n) is 7.69. The number of amides is 2. The molecule has 11 nitrogen and oxygen atoms in total. The zero-order valence-corrected chi connectivity index (χ0v) is 17.6. The van der Waals surface area contributed by atoms with Crippen LogP contribution < -0.4 is 19.7 Å². The highest BCUT2D eigenvalue weighted by Crippen LogP contribution is 2.40. The van der Waals surface area contributed by atoms with Gasteiger partial charge >= 0.3 is 6.09 Å². The van der Waals surface area contributed by atoms with Crippen molar-refractivity contribution in [1.29, 1.82) is 0 Å². The van der Waals surface area contributed by atoms with Crippen LogP contribution in [0, 0.1) is 5.92 Å². The zero-order valence-electron chi connectivity index (χ0n) is 16.8. The fourth-order valence-corrected chi connectivity index (χ4v) is 5.13. The second-order valence-corrected chi connectivity index (χ2v) is 9.52. The van der Waals surface area contributed by atoms with Crippen molar-refractivity contribution in [3.05, 3.63) is 30.1 Å². The van der Waals surface area contributed by atoms with E-state index >= 15 is 0 Å². The standard InChI is InChI=1S/C19H23N5O6S/c1-11(25)20-8-14-10-24(16-7-13(22-19(26)27)4-5-17(16)30-14)31(28,29)18-9-21-23-15(18)6-12-2-3-12/h4-5,7,9,12,14,22H,2-3,6,8,10H2,1H3,(H,20,25)(H,21,23)(H,26,27). The van der Waals surface area contributed by atoms with Gasteiger partial charge in [-0.15, -0.1) is 0 Å². The minimum Gasteiger partial charge on any atom is -0.484 e. The van der Waals surface area contributed by atoms with E-state index in [1.54, 1.807) is 0 Å². The van der Waals surface area contributed by atoms with E-state index < -0.39 is 22.2 Å². The van der Waals surface area contributed by atoms with E-state index in [1.807, 2.05) is 0 Å². The molecular formula is C19H23N5O6S. The second kappa shape index (κ2) is 8.10. The molecule has 2 heterocycles. The number of aromatic nitrogens is 2. The number of hydrogen-bond acceptors (Lipinski definition) is 6. The molecule has 0 saturated heterocycles. The van der Waals surface area contributed by atoms with E-state index in [2.05, 4.69) is 20.8 Å². The van der Waals surface area contributed by atoms with Crippen molar-refractivity contribution in [3.8, 4) is 5.75 Å². The van der Waals surface area contributed by atoms with Gasteiger partial charge in [-0.25, -0.2) is 13.2 Å². The predicted molar refractivity (Wildman–Crippen MR) is 111 cm³/mol. The summed E-state index contributed by atoms with van der Waals surface area (Å²) in [5, 5.41) is 20.6. The van der Waals surface area contributed by atoms with E-state index in [4.69, 9.17) is 9.84 Å². The minimum atomic E-state index is -4.03. The third kappa shape index (κ3) is 4.58. The Morgan fingerprint density at radius 1 is 1.35 bits per heavy atom. The number of aromatic amines is 1. The fraction of sp³-hybridized carbons (Fsp3) is 0.421. The van der Waals surface area contributed by atoms with Crippen molar-refractivity contribution >= 4 is 33.4 Å². The molecule has 166 valence electrons. The summed E-state index contributed by atoms with van der Waals surface area (Å²) in [4.78, 5) is 22.4. The first-order chi connectivity index (χ1) is 14.7. The number of carboxylic acid groups (broad SMARTS) is 1. The van der Waals surface area contributed by atoms with Gasteiger partial charge in [0.1, 0.15) is 16.7 Å². The van der Waals surface area contributed by atoms with E-state index in [0.717, 1.165) is 12.8 Å². The Hall–Kier alpha value is -3.28. The first-order valence-corrected chi connectivity index (χ1v) is 11.3. The number of rotatable bonds is 7. The molecule has 1 unspecified atom stereocenters. The van der Waals surface area contributed by atoms with E-state index in [1.165, 1.54) is 35.6 Å². The van der Waals surface area contributed by atoms with Crippen LogP contribution in [-0.4, -0.2) is 54.9 Å². The Morgan fingerprint density at radius 3 is 2.81 bits per heavy atom. The van der Waals surface area contributed by atoms with Crippen LogP contribution in [-0.2, 0) is 21.2 Å². The molecule has 1 atom stereocenters. The van der Waals surface area contributed by atoms with Gasteiger partial charge < -0.3 is 15.2 Å². The first-order valence-electron chi connectivity index (χ1n) is 9.84. The maximum Gasteiger partial charge on any atom is 0.409 e. The largest absolute Gasteiger partial charge is 0.484 e. The number of benzene rings is 1. The monoisotopic (exact) mass is 449 g/mol. The van der Waals surface area contributed by atoms with Crippen molar-refractivity contribution in [2.24, 2.45) is 5.92 Å². The van der Waals surface area contributed by atoms with Gasteiger partial charge in [0, 0.05) is 12.6 Å². The summed E-state index contributed by atoms with van der Waals surface area (Å²) in [6.07, 6.45) is 2.12. The van der Waals surface area contributed by atoms with Gasteiger partial charge in [0.25, 0.3) is 10.0 Å². The molecular weight excluding hydrogens is 426 g/mol. The predicted octanol–water partition coefficient (Wildman–Crippen LogP) is 1.54. The van der Waals surface area contributed by atoms with Gasteiger partial charge in [0.2, 0.25) is 5.91 Å². The summed E-state index contributed by atoms with van der Waals surface area (Å²) in [6, 6.07) is 4.40. The number of H-pyrrole nitrogens is 1. The van der Waals surface area contributed by atoms with Crippen molar-refractivity contribution in [1.82, 2.24) is 15.5 Å². The highest BCUT2D eigenvalue weighted by Gasteiger charge is 2.37. The Kier molecular flexibility index (Phi) is 5.48. The summed E-state index contributed by atoms with van der Waals surface area (Å²) in [5.41, 5.74) is 0.971. The maximum absolute atomic E-state index is 13.6. The lowest BCUT2D eigenvalue weighted by atomic mass is 10.2. The van der Waals surface area contributed by atoms with Crippen LogP contribution in [0.4, 0.5) is 16.2 Å². The smallest absolute Gasteiger partial charge is 0.409 e. The van der Waals surface area contributed by atoms with Crippen molar-refractivity contribution in [3.63, 3.8) is 0 Å². The maximum atomic E-state index is 13.6. The average Bonchev–Trinajstić information content (AvgIpc) is 3.39. The highest BCUT2D eigenvalue weighted by atomic mass is 32.2. The number of nitrogens with one attached hydrogen (secondary N) is 3. The van der Waals surface area contributed by atoms with Crippen LogP contribution in [0.1, 0.15) is 25.5 Å². The Bertz CT molecular complexity index is 1110. The van der Waals surface area contributed by atoms with Gasteiger partial charge in [-0.3, -0.25) is 19.5 Å². The molecule has 1 fully saturated rings. The lowest BCUT2D eigenvalue weighted by Crippen LogP contribution is -2.48. The number of nitrogens with zero attached hydrogens (tertiary/aromatic N) is 2. The van der Waals surface area contributed by atoms with Gasteiger partial charge in [-0.1, -0.05) is 0 Å². The Morgan fingerprint density at radius 2 is 2.13 bits per heavy atom. The van der Waals surface area contributed by atoms with E-state index in [0.29, 0.717) is 18.0 Å². The van der Waals surface area contributed by atoms with Crippen LogP contribution in [0.25, 0.3) is 0 Å². The Labute approximate surface area is 178 Å². The van der Waals surface area contributed by atoms with Gasteiger partial charge in [-0.05, 0) is 43.4 Å². The normalized spacial score (nSPS) is 18.1. The third-order valence-electron chi connectivity index (χ3n) is 5.16. The molecule has 0 bridgehead atoms. The van der Waals surface area contributed by atoms with Crippen LogP contribution in [0.15, 0.2) is 29.3 Å². The average molecular weight is 449 g/mol. The molecule has 1 aromatic heterocycles. The van der Waals surface area contributed by atoms with Crippen LogP contribution in [0.5, 0.6) is 5.75 Å². The fourth-order valence-electron chi connectivity index (χ4n) is 3.50. The number of carbonyl (C=O) groups is 2. The number of fused-ring (bicyclic) bond motifs is 1. The number of hydrogen-bond donors (Lipinski definition) is 4. The van der Waals surface area contributed by atoms with Crippen LogP contribution in [0.2, 0.25) is 0 Å². The molecule has 31 heavy (non-hydrogen) atoms. The molecule has 1 aromatic carbocycles. The molecule has 1 saturated carbocycles. The molecule has 4 rings (SSSR count). The molecule has 4 N–H and O–H groups in total. The number of sulfonamides is 1. The van der Waals surface area contributed by atoms with Crippen LogP contribution >= 0.6 is 0 Å². The zero-order chi connectivity index (χ0) is 22.2. The molecule has 1 aliphatic heterocycles. The molecule has 1 aliphatic carbocycles. The van der Waals surface area contributed by atoms with Crippen molar-refractivity contribution in [2.45, 2.75) is 37.2 Å². The van der Waals surface area contributed by atoms with Gasteiger partial charge in [0.15, 0.2) is 0 Å². The molecule has 12 heteroatoms. The number of carbonyl (C=O) groups excluding carboxylic acids is 1. The Balaban J connectivity index is 1.72. The number of ether oxygens (including phenoxy) is 1. The topological polar surface area (TPSA) is 154 Å². The van der Waals surface area contributed by atoms with E-state index in [9.17, 15) is 18.0 Å². The summed E-state index contributed by atoms with van der Waals surface area (Å²) < 4.78 is 34.3. The van der Waals surface area contributed by atoms with Crippen molar-refractivity contribution < 1.29 is 27.9 Å². The minimum absolute atomic E-state index is 0.0554. The molecule has 2 aliphatic rings. The molecule has 0 spiro atoms. The third-order valence-corrected chi connectivity index (χ3v) is 6.99. The SMILES string of the molecule is CC(=O)NCC1CN(S(=O)(=O)c2cn[nH]c2CC2CC2)c2cc(NC(=O)O)ccc2O1. The van der Waals surface area contributed by atoms with Crippen LogP contribution in [0.3, 0.4) is 0 Å².